The summed E-state index contributed by atoms with van der Waals surface area (Å²) in [4.78, 5) is 13.1. The molecule has 0 amide bonds. The number of rotatable bonds is 5. The first-order valence-corrected chi connectivity index (χ1v) is 8.54. The summed E-state index contributed by atoms with van der Waals surface area (Å²) in [5.74, 6) is 1.12. The SMILES string of the molecule is CN1CCC(N(C)c2ncnc(NCc3ccc(F)cc3)c2N)CC1. The predicted octanol–water partition coefficient (Wildman–Crippen LogP) is 2.34. The maximum Gasteiger partial charge on any atom is 0.157 e. The number of hydrogen-bond acceptors (Lipinski definition) is 6. The molecule has 0 aliphatic carbocycles. The van der Waals surface area contributed by atoms with Crippen LogP contribution >= 0.6 is 0 Å². The van der Waals surface area contributed by atoms with Crippen molar-refractivity contribution >= 4 is 17.3 Å². The zero-order valence-corrected chi connectivity index (χ0v) is 14.7. The van der Waals surface area contributed by atoms with Crippen molar-refractivity contribution < 1.29 is 4.39 Å². The topological polar surface area (TPSA) is 70.3 Å². The Labute approximate surface area is 147 Å². The van der Waals surface area contributed by atoms with Gasteiger partial charge in [-0.15, -0.1) is 0 Å². The fourth-order valence-corrected chi connectivity index (χ4v) is 3.15. The van der Waals surface area contributed by atoms with Crippen LogP contribution < -0.4 is 16.0 Å². The summed E-state index contributed by atoms with van der Waals surface area (Å²) in [5, 5.41) is 3.22. The van der Waals surface area contributed by atoms with Crippen LogP contribution in [0.25, 0.3) is 0 Å². The molecule has 1 aliphatic rings. The number of nitrogens with zero attached hydrogens (tertiary/aromatic N) is 4. The molecule has 25 heavy (non-hydrogen) atoms. The predicted molar refractivity (Wildman–Crippen MR) is 99.1 cm³/mol. The molecule has 0 unspecified atom stereocenters. The number of hydrogen-bond donors (Lipinski definition) is 2. The minimum absolute atomic E-state index is 0.243. The van der Waals surface area contributed by atoms with Gasteiger partial charge in [0.05, 0.1) is 0 Å². The maximum atomic E-state index is 13.0. The van der Waals surface area contributed by atoms with Crippen LogP contribution in [0.3, 0.4) is 0 Å². The molecular weight excluding hydrogens is 319 g/mol. The Morgan fingerprint density at radius 3 is 2.60 bits per heavy atom. The largest absolute Gasteiger partial charge is 0.393 e. The summed E-state index contributed by atoms with van der Waals surface area (Å²) in [6.07, 6.45) is 3.72. The van der Waals surface area contributed by atoms with Gasteiger partial charge < -0.3 is 20.9 Å². The molecule has 1 saturated heterocycles. The van der Waals surface area contributed by atoms with E-state index in [2.05, 4.69) is 32.1 Å². The van der Waals surface area contributed by atoms with Crippen molar-refractivity contribution in [3.8, 4) is 0 Å². The summed E-state index contributed by atoms with van der Waals surface area (Å²) in [6, 6.07) is 6.80. The highest BCUT2D eigenvalue weighted by Gasteiger charge is 2.23. The first-order chi connectivity index (χ1) is 12.0. The Kier molecular flexibility index (Phi) is 5.33. The van der Waals surface area contributed by atoms with Crippen LogP contribution in [0.15, 0.2) is 30.6 Å². The van der Waals surface area contributed by atoms with Gasteiger partial charge in [-0.25, -0.2) is 14.4 Å². The fraction of sp³-hybridized carbons (Fsp3) is 0.444. The smallest absolute Gasteiger partial charge is 0.157 e. The highest BCUT2D eigenvalue weighted by Crippen LogP contribution is 2.29. The van der Waals surface area contributed by atoms with Crippen molar-refractivity contribution in [2.24, 2.45) is 0 Å². The molecule has 134 valence electrons. The van der Waals surface area contributed by atoms with Gasteiger partial charge in [0, 0.05) is 19.6 Å². The van der Waals surface area contributed by atoms with Crippen molar-refractivity contribution in [3.05, 3.63) is 42.0 Å². The van der Waals surface area contributed by atoms with E-state index in [1.54, 1.807) is 12.1 Å². The zero-order chi connectivity index (χ0) is 17.8. The van der Waals surface area contributed by atoms with E-state index in [-0.39, 0.29) is 5.82 Å². The molecule has 0 spiro atoms. The van der Waals surface area contributed by atoms with Gasteiger partial charge in [-0.2, -0.15) is 0 Å². The van der Waals surface area contributed by atoms with Gasteiger partial charge in [-0.1, -0.05) is 12.1 Å². The minimum Gasteiger partial charge on any atom is -0.393 e. The standard InChI is InChI=1S/C18H25FN6/c1-24-9-7-15(8-10-24)25(2)18-16(20)17(22-12-23-18)21-11-13-3-5-14(19)6-4-13/h3-6,12,15H,7-11,20H2,1-2H3,(H,21,22,23). The van der Waals surface area contributed by atoms with E-state index in [1.807, 2.05) is 7.05 Å². The van der Waals surface area contributed by atoms with Crippen LogP contribution in [0.2, 0.25) is 0 Å². The number of nitrogens with one attached hydrogen (secondary N) is 1. The number of aromatic nitrogens is 2. The molecule has 2 aromatic rings. The Hall–Kier alpha value is -2.41. The van der Waals surface area contributed by atoms with Crippen molar-refractivity contribution in [1.29, 1.82) is 0 Å². The van der Waals surface area contributed by atoms with E-state index in [0.29, 0.717) is 24.1 Å². The van der Waals surface area contributed by atoms with E-state index in [4.69, 9.17) is 5.73 Å². The highest BCUT2D eigenvalue weighted by atomic mass is 19.1. The molecule has 7 heteroatoms. The van der Waals surface area contributed by atoms with Gasteiger partial charge in [0.2, 0.25) is 0 Å². The number of nitrogen functional groups attached to an aromatic ring is 1. The Bertz CT molecular complexity index is 697. The van der Waals surface area contributed by atoms with Gasteiger partial charge in [0.1, 0.15) is 17.8 Å². The van der Waals surface area contributed by atoms with Gasteiger partial charge in [0.15, 0.2) is 11.6 Å². The van der Waals surface area contributed by atoms with Crippen LogP contribution in [0.4, 0.5) is 21.7 Å². The van der Waals surface area contributed by atoms with Crippen molar-refractivity contribution in [3.63, 3.8) is 0 Å². The maximum absolute atomic E-state index is 13.0. The van der Waals surface area contributed by atoms with Gasteiger partial charge >= 0.3 is 0 Å². The first kappa shape index (κ1) is 17.4. The van der Waals surface area contributed by atoms with Crippen LogP contribution in [-0.2, 0) is 6.54 Å². The van der Waals surface area contributed by atoms with Crippen LogP contribution in [-0.4, -0.2) is 48.1 Å². The Morgan fingerprint density at radius 1 is 1.24 bits per heavy atom. The fourth-order valence-electron chi connectivity index (χ4n) is 3.15. The molecule has 1 aromatic carbocycles. The third-order valence-electron chi connectivity index (χ3n) is 4.81. The molecular formula is C18H25FN6. The van der Waals surface area contributed by atoms with Crippen molar-refractivity contribution in [1.82, 2.24) is 14.9 Å². The number of anilines is 3. The lowest BCUT2D eigenvalue weighted by Gasteiger charge is -2.36. The quantitative estimate of drug-likeness (QED) is 0.868. The van der Waals surface area contributed by atoms with Gasteiger partial charge in [-0.05, 0) is 50.7 Å². The molecule has 0 atom stereocenters. The molecule has 0 bridgehead atoms. The van der Waals surface area contributed by atoms with Gasteiger partial charge in [0.25, 0.3) is 0 Å². The number of piperidine rings is 1. The van der Waals surface area contributed by atoms with E-state index in [0.717, 1.165) is 37.3 Å². The number of benzene rings is 1. The summed E-state index contributed by atoms with van der Waals surface area (Å²) >= 11 is 0. The summed E-state index contributed by atoms with van der Waals surface area (Å²) < 4.78 is 13.0. The van der Waals surface area contributed by atoms with Gasteiger partial charge in [-0.3, -0.25) is 0 Å². The average Bonchev–Trinajstić information content (AvgIpc) is 2.62. The minimum atomic E-state index is -0.243. The second-order valence-corrected chi connectivity index (χ2v) is 6.58. The monoisotopic (exact) mass is 344 g/mol. The zero-order valence-electron chi connectivity index (χ0n) is 14.7. The third kappa shape index (κ3) is 4.17. The molecule has 3 rings (SSSR count). The van der Waals surface area contributed by atoms with E-state index in [9.17, 15) is 4.39 Å². The molecule has 1 fully saturated rings. The lowest BCUT2D eigenvalue weighted by molar-refractivity contribution is 0.252. The molecule has 2 heterocycles. The van der Waals surface area contributed by atoms with Crippen LogP contribution in [0, 0.1) is 5.82 Å². The number of nitrogens with two attached hydrogens (primary N) is 1. The summed E-state index contributed by atoms with van der Waals surface area (Å²) in [6.45, 7) is 2.68. The molecule has 6 nitrogen and oxygen atoms in total. The van der Waals surface area contributed by atoms with E-state index in [1.165, 1.54) is 18.5 Å². The molecule has 0 radical (unpaired) electrons. The van der Waals surface area contributed by atoms with Crippen LogP contribution in [0.5, 0.6) is 0 Å². The molecule has 3 N–H and O–H groups in total. The normalized spacial score (nSPS) is 16.0. The Balaban J connectivity index is 1.69. The Morgan fingerprint density at radius 2 is 1.92 bits per heavy atom. The molecule has 1 aromatic heterocycles. The van der Waals surface area contributed by atoms with E-state index >= 15 is 0 Å². The van der Waals surface area contributed by atoms with Crippen molar-refractivity contribution in [2.45, 2.75) is 25.4 Å². The first-order valence-electron chi connectivity index (χ1n) is 8.54. The van der Waals surface area contributed by atoms with Crippen molar-refractivity contribution in [2.75, 3.05) is 43.1 Å². The van der Waals surface area contributed by atoms with E-state index < -0.39 is 0 Å². The average molecular weight is 344 g/mol. The summed E-state index contributed by atoms with van der Waals surface area (Å²) in [7, 11) is 4.19. The second kappa shape index (κ2) is 7.65. The van der Waals surface area contributed by atoms with Crippen LogP contribution in [0.1, 0.15) is 18.4 Å². The molecule has 1 aliphatic heterocycles. The summed E-state index contributed by atoms with van der Waals surface area (Å²) in [5.41, 5.74) is 7.82. The highest BCUT2D eigenvalue weighted by molar-refractivity contribution is 5.75. The number of likely N-dealkylation sites (tertiary alicyclic amines) is 1. The number of halogens is 1. The molecule has 0 saturated carbocycles. The lowest BCUT2D eigenvalue weighted by atomic mass is 10.0. The third-order valence-corrected chi connectivity index (χ3v) is 4.81. The second-order valence-electron chi connectivity index (χ2n) is 6.58. The lowest BCUT2D eigenvalue weighted by Crippen LogP contribution is -2.42.